The molecule has 3 N–H and O–H groups in total. The predicted molar refractivity (Wildman–Crippen MR) is 363 cm³/mol. The molecule has 0 bridgehead atoms. The summed E-state index contributed by atoms with van der Waals surface area (Å²) in [4.78, 5) is 72.5. The van der Waals surface area contributed by atoms with Crippen LogP contribution in [0.1, 0.15) is 369 Å². The molecule has 2 unspecified atom stereocenters. The number of carbonyl (C=O) groups excluding carboxylic acids is 4. The average Bonchev–Trinajstić information content (AvgIpc) is 3.16. The molecule has 0 aliphatic heterocycles. The highest BCUT2D eigenvalue weighted by Crippen LogP contribution is 2.45. The fourth-order valence-electron chi connectivity index (χ4n) is 10.8. The molecule has 0 aromatic carbocycles. The molecule has 0 radical (unpaired) electrons. The van der Waals surface area contributed by atoms with Crippen LogP contribution in [-0.4, -0.2) is 96.7 Å². The van der Waals surface area contributed by atoms with Crippen molar-refractivity contribution >= 4 is 39.5 Å². The standard InChI is InChI=1S/C71H138O17P2/c1-6-9-12-15-18-21-23-25-26-27-28-30-32-35-41-46-51-56-70(75)87-66(61-82-69(74)55-50-45-40-34-31-29-24-22-19-16-13-10-7-2)62-85-89(77,78)83-58-65(72)59-84-90(79,80)86-63-67(60-81-68(73)54-49-44-39-33-20-17-14-11-8-3)88-71(76)57-52-47-42-37-36-38-43-48-53-64(4)5/h64-67,72H,6-63H2,1-5H3,(H,77,78)(H,79,80)/t65-,66-,67-/m1/s1. The second-order valence-corrected chi connectivity index (χ2v) is 29.0. The van der Waals surface area contributed by atoms with Crippen molar-refractivity contribution in [3.8, 4) is 0 Å². The van der Waals surface area contributed by atoms with E-state index in [4.69, 9.17) is 37.0 Å². The zero-order valence-corrected chi connectivity index (χ0v) is 60.1. The van der Waals surface area contributed by atoms with E-state index in [0.717, 1.165) is 95.8 Å². The molecule has 17 nitrogen and oxygen atoms in total. The lowest BCUT2D eigenvalue weighted by Gasteiger charge is -2.21. The summed E-state index contributed by atoms with van der Waals surface area (Å²) in [6, 6.07) is 0. The van der Waals surface area contributed by atoms with Crippen LogP contribution < -0.4 is 0 Å². The van der Waals surface area contributed by atoms with E-state index in [0.29, 0.717) is 25.7 Å². The Morgan fingerprint density at radius 3 is 0.756 bits per heavy atom. The van der Waals surface area contributed by atoms with Crippen LogP contribution in [0.2, 0.25) is 0 Å². The number of ether oxygens (including phenoxy) is 4. The van der Waals surface area contributed by atoms with E-state index >= 15 is 0 Å². The quantitative estimate of drug-likeness (QED) is 0.0222. The van der Waals surface area contributed by atoms with Crippen molar-refractivity contribution in [1.82, 2.24) is 0 Å². The number of rotatable bonds is 71. The van der Waals surface area contributed by atoms with Crippen LogP contribution in [0.4, 0.5) is 0 Å². The number of aliphatic hydroxyl groups excluding tert-OH is 1. The van der Waals surface area contributed by atoms with E-state index in [-0.39, 0.29) is 25.7 Å². The molecule has 5 atom stereocenters. The van der Waals surface area contributed by atoms with Gasteiger partial charge in [0.1, 0.15) is 19.3 Å². The first-order valence-electron chi connectivity index (χ1n) is 37.1. The molecular formula is C71H138O17P2. The minimum absolute atomic E-state index is 0.105. The van der Waals surface area contributed by atoms with Crippen LogP contribution in [0.25, 0.3) is 0 Å². The van der Waals surface area contributed by atoms with Gasteiger partial charge in [-0.1, -0.05) is 317 Å². The topological polar surface area (TPSA) is 237 Å². The van der Waals surface area contributed by atoms with E-state index in [1.165, 1.54) is 193 Å². The second-order valence-electron chi connectivity index (χ2n) is 26.1. The molecule has 0 heterocycles. The third-order valence-corrected chi connectivity index (χ3v) is 18.4. The number of phosphoric ester groups is 2. The van der Waals surface area contributed by atoms with Crippen LogP contribution in [0.15, 0.2) is 0 Å². The fourth-order valence-corrected chi connectivity index (χ4v) is 12.4. The molecule has 19 heteroatoms. The molecule has 0 spiro atoms. The molecule has 0 aliphatic rings. The zero-order valence-electron chi connectivity index (χ0n) is 58.3. The third kappa shape index (κ3) is 64.8. The maximum absolute atomic E-state index is 13.0. The van der Waals surface area contributed by atoms with Gasteiger partial charge in [0.05, 0.1) is 26.4 Å². The van der Waals surface area contributed by atoms with Gasteiger partial charge in [0, 0.05) is 25.7 Å². The largest absolute Gasteiger partial charge is 0.472 e. The fraction of sp³-hybridized carbons (Fsp3) is 0.944. The highest BCUT2D eigenvalue weighted by molar-refractivity contribution is 7.47. The molecule has 0 aromatic heterocycles. The molecule has 0 aromatic rings. The molecule has 534 valence electrons. The Hall–Kier alpha value is -1.94. The van der Waals surface area contributed by atoms with Crippen molar-refractivity contribution in [2.24, 2.45) is 5.92 Å². The van der Waals surface area contributed by atoms with Crippen LogP contribution in [0.5, 0.6) is 0 Å². The summed E-state index contributed by atoms with van der Waals surface area (Å²) in [6.45, 7) is 7.20. The summed E-state index contributed by atoms with van der Waals surface area (Å²) < 4.78 is 68.3. The van der Waals surface area contributed by atoms with Crippen molar-refractivity contribution in [2.75, 3.05) is 39.6 Å². The Bertz CT molecular complexity index is 1740. The number of hydrogen-bond donors (Lipinski definition) is 3. The molecule has 90 heavy (non-hydrogen) atoms. The highest BCUT2D eigenvalue weighted by Gasteiger charge is 2.30. The van der Waals surface area contributed by atoms with Gasteiger partial charge in [0.25, 0.3) is 0 Å². The van der Waals surface area contributed by atoms with Gasteiger partial charge in [0.15, 0.2) is 12.2 Å². The van der Waals surface area contributed by atoms with Gasteiger partial charge in [0.2, 0.25) is 0 Å². The van der Waals surface area contributed by atoms with Crippen molar-refractivity contribution in [1.29, 1.82) is 0 Å². The molecule has 0 rings (SSSR count). The lowest BCUT2D eigenvalue weighted by atomic mass is 10.0. The summed E-state index contributed by atoms with van der Waals surface area (Å²) >= 11 is 0. The van der Waals surface area contributed by atoms with Gasteiger partial charge >= 0.3 is 39.5 Å². The SMILES string of the molecule is CCCCCCCCCCCCCCCCCCCC(=O)O[C@H](COC(=O)CCCCCCCCCCCCCCC)COP(=O)(O)OC[C@@H](O)COP(=O)(O)OC[C@@H](COC(=O)CCCCCCCCCCC)OC(=O)CCCCCCCCCCC(C)C. The van der Waals surface area contributed by atoms with E-state index < -0.39 is 97.5 Å². The van der Waals surface area contributed by atoms with Crippen molar-refractivity contribution in [3.05, 3.63) is 0 Å². The Morgan fingerprint density at radius 2 is 0.511 bits per heavy atom. The first kappa shape index (κ1) is 88.1. The number of esters is 4. The smallest absolute Gasteiger partial charge is 0.462 e. The zero-order chi connectivity index (χ0) is 66.3. The predicted octanol–water partition coefficient (Wildman–Crippen LogP) is 20.5. The van der Waals surface area contributed by atoms with Gasteiger partial charge < -0.3 is 33.8 Å². The summed E-state index contributed by atoms with van der Waals surface area (Å²) in [7, 11) is -9.90. The average molecular weight is 1330 g/mol. The van der Waals surface area contributed by atoms with Gasteiger partial charge in [-0.15, -0.1) is 0 Å². The maximum Gasteiger partial charge on any atom is 0.472 e. The molecule has 0 amide bonds. The first-order chi connectivity index (χ1) is 43.5. The summed E-state index contributed by atoms with van der Waals surface area (Å²) in [5.74, 6) is -1.40. The van der Waals surface area contributed by atoms with Crippen LogP contribution in [0.3, 0.4) is 0 Å². The summed E-state index contributed by atoms with van der Waals surface area (Å²) in [5, 5.41) is 10.6. The van der Waals surface area contributed by atoms with Crippen molar-refractivity contribution < 1.29 is 80.2 Å². The van der Waals surface area contributed by atoms with E-state index in [2.05, 4.69) is 34.6 Å². The second kappa shape index (κ2) is 64.4. The molecule has 0 fully saturated rings. The van der Waals surface area contributed by atoms with Crippen LogP contribution in [-0.2, 0) is 65.4 Å². The number of unbranched alkanes of at least 4 members (excludes halogenated alkanes) is 43. The number of phosphoric acid groups is 2. The normalized spacial score (nSPS) is 14.1. The molecule has 0 saturated heterocycles. The number of aliphatic hydroxyl groups is 1. The van der Waals surface area contributed by atoms with Crippen LogP contribution in [0, 0.1) is 5.92 Å². The number of carbonyl (C=O) groups is 4. The lowest BCUT2D eigenvalue weighted by molar-refractivity contribution is -0.161. The van der Waals surface area contributed by atoms with Crippen LogP contribution >= 0.6 is 15.6 Å². The van der Waals surface area contributed by atoms with Gasteiger partial charge in [-0.3, -0.25) is 37.3 Å². The van der Waals surface area contributed by atoms with Gasteiger partial charge in [-0.05, 0) is 31.6 Å². The molecule has 0 aliphatic carbocycles. The third-order valence-electron chi connectivity index (χ3n) is 16.5. The van der Waals surface area contributed by atoms with Crippen molar-refractivity contribution in [3.63, 3.8) is 0 Å². The van der Waals surface area contributed by atoms with E-state index in [1.54, 1.807) is 0 Å². The van der Waals surface area contributed by atoms with E-state index in [1.807, 2.05) is 0 Å². The van der Waals surface area contributed by atoms with Gasteiger partial charge in [-0.2, -0.15) is 0 Å². The van der Waals surface area contributed by atoms with Crippen molar-refractivity contribution in [2.45, 2.75) is 387 Å². The monoisotopic (exact) mass is 1320 g/mol. The maximum atomic E-state index is 13.0. The molecular weight excluding hydrogens is 1190 g/mol. The number of hydrogen-bond acceptors (Lipinski definition) is 15. The minimum atomic E-state index is -4.95. The Kier molecular flexibility index (Phi) is 63.0. The first-order valence-corrected chi connectivity index (χ1v) is 40.1. The summed E-state index contributed by atoms with van der Waals surface area (Å²) in [5.41, 5.74) is 0. The van der Waals surface area contributed by atoms with Gasteiger partial charge in [-0.25, -0.2) is 9.13 Å². The minimum Gasteiger partial charge on any atom is -0.462 e. The lowest BCUT2D eigenvalue weighted by Crippen LogP contribution is -2.30. The Balaban J connectivity index is 5.22. The Labute approximate surface area is 549 Å². The molecule has 0 saturated carbocycles. The Morgan fingerprint density at radius 1 is 0.300 bits per heavy atom. The summed E-state index contributed by atoms with van der Waals surface area (Å²) in [6.07, 6.45) is 51.3. The van der Waals surface area contributed by atoms with E-state index in [9.17, 15) is 43.2 Å². The highest BCUT2D eigenvalue weighted by atomic mass is 31.2.